The molecule has 4 aromatic heterocycles. The van der Waals surface area contributed by atoms with Crippen LogP contribution in [0.3, 0.4) is 0 Å². The van der Waals surface area contributed by atoms with E-state index in [-0.39, 0.29) is 17.8 Å². The normalized spacial score (nSPS) is 24.9. The van der Waals surface area contributed by atoms with Crippen molar-refractivity contribution in [3.63, 3.8) is 0 Å². The zero-order valence-corrected chi connectivity index (χ0v) is 18.1. The second kappa shape index (κ2) is 7.47. The van der Waals surface area contributed by atoms with Crippen LogP contribution < -0.4 is 0 Å². The third-order valence-electron chi connectivity index (χ3n) is 7.39. The fourth-order valence-corrected chi connectivity index (χ4v) is 5.78. The number of carbonyl (C=O) groups is 1. The number of carboxylic acid groups (broad SMARTS) is 1. The summed E-state index contributed by atoms with van der Waals surface area (Å²) in [6.45, 7) is 0. The number of halogens is 1. The Morgan fingerprint density at radius 3 is 2.79 bits per heavy atom. The van der Waals surface area contributed by atoms with Crippen molar-refractivity contribution in [2.45, 2.75) is 25.7 Å². The van der Waals surface area contributed by atoms with Crippen molar-refractivity contribution in [2.24, 2.45) is 35.7 Å². The molecule has 33 heavy (non-hydrogen) atoms. The van der Waals surface area contributed by atoms with E-state index in [9.17, 15) is 14.3 Å². The van der Waals surface area contributed by atoms with E-state index in [1.165, 1.54) is 12.3 Å². The molecule has 7 rings (SSSR count). The number of carboxylic acids is 1. The van der Waals surface area contributed by atoms with Crippen molar-refractivity contribution in [1.82, 2.24) is 24.5 Å². The van der Waals surface area contributed by atoms with Crippen molar-refractivity contribution in [3.8, 4) is 11.4 Å². The minimum absolute atomic E-state index is 0.0425. The summed E-state index contributed by atoms with van der Waals surface area (Å²) in [4.78, 5) is 33.0. The number of aliphatic carboxylic acids is 1. The van der Waals surface area contributed by atoms with E-state index in [1.54, 1.807) is 12.4 Å². The molecule has 2 bridgehead atoms. The number of aromatic nitrogens is 5. The van der Waals surface area contributed by atoms with Crippen LogP contribution in [0, 0.1) is 29.5 Å². The van der Waals surface area contributed by atoms with Gasteiger partial charge in [0.05, 0.1) is 23.2 Å². The van der Waals surface area contributed by atoms with Gasteiger partial charge < -0.3 is 14.7 Å². The standard InChI is InChI=1S/C24H23FN6O2/c1-31-11-19(26-8-16-12-2-4-13(5-3-12)20(16)24(32)33)18-10-29-22(30-23(18)31)17-9-28-21-15(17)6-14(25)7-27-21/h6-13,16,20H,2-5H2,1H3,(H,27,28)(H,32,33)/b26-8-/t12?,13?,16?,20-/m0/s1. The number of hydrogen-bond donors (Lipinski definition) is 2. The third kappa shape index (κ3) is 3.21. The van der Waals surface area contributed by atoms with E-state index < -0.39 is 11.8 Å². The average molecular weight is 446 g/mol. The summed E-state index contributed by atoms with van der Waals surface area (Å²) >= 11 is 0. The number of nitrogens with one attached hydrogen (secondary N) is 1. The molecule has 4 heterocycles. The summed E-state index contributed by atoms with van der Waals surface area (Å²) in [6, 6.07) is 1.42. The van der Waals surface area contributed by atoms with Gasteiger partial charge >= 0.3 is 5.97 Å². The highest BCUT2D eigenvalue weighted by atomic mass is 19.1. The smallest absolute Gasteiger partial charge is 0.307 e. The zero-order chi connectivity index (χ0) is 22.7. The van der Waals surface area contributed by atoms with Crippen LogP contribution >= 0.6 is 0 Å². The van der Waals surface area contributed by atoms with Crippen molar-refractivity contribution in [3.05, 3.63) is 36.7 Å². The van der Waals surface area contributed by atoms with E-state index in [0.29, 0.717) is 34.0 Å². The molecule has 2 atom stereocenters. The maximum atomic E-state index is 13.7. The highest BCUT2D eigenvalue weighted by molar-refractivity contribution is 5.95. The first-order chi connectivity index (χ1) is 16.0. The zero-order valence-electron chi connectivity index (χ0n) is 18.1. The molecule has 8 nitrogen and oxygen atoms in total. The first-order valence-electron chi connectivity index (χ1n) is 11.2. The SMILES string of the molecule is Cn1cc(/N=C\C2C3CCC(CC3)[C@@H]2C(=O)O)c2cnc(-c3c[nH]c4ncc(F)cc34)nc21. The predicted molar refractivity (Wildman–Crippen MR) is 122 cm³/mol. The summed E-state index contributed by atoms with van der Waals surface area (Å²) in [6.07, 6.45) is 12.5. The molecule has 3 saturated carbocycles. The summed E-state index contributed by atoms with van der Waals surface area (Å²) in [5.41, 5.74) is 2.66. The fraction of sp³-hybridized carbons (Fsp3) is 0.375. The molecule has 1 unspecified atom stereocenters. The number of hydrogen-bond acceptors (Lipinski definition) is 5. The Morgan fingerprint density at radius 2 is 2.00 bits per heavy atom. The van der Waals surface area contributed by atoms with Gasteiger partial charge in [-0.25, -0.2) is 19.3 Å². The second-order valence-corrected chi connectivity index (χ2v) is 9.20. The first kappa shape index (κ1) is 20.0. The number of H-pyrrole nitrogens is 1. The molecule has 4 aromatic rings. The number of pyridine rings is 1. The van der Waals surface area contributed by atoms with Gasteiger partial charge in [-0.15, -0.1) is 0 Å². The lowest BCUT2D eigenvalue weighted by molar-refractivity contribution is -0.149. The van der Waals surface area contributed by atoms with Crippen LogP contribution in [0.5, 0.6) is 0 Å². The number of fused-ring (bicyclic) bond motifs is 5. The van der Waals surface area contributed by atoms with E-state index in [4.69, 9.17) is 9.98 Å². The van der Waals surface area contributed by atoms with Crippen LogP contribution in [-0.4, -0.2) is 41.8 Å². The molecule has 0 spiro atoms. The molecule has 3 fully saturated rings. The topological polar surface area (TPSA) is 109 Å². The number of nitrogens with zero attached hydrogens (tertiary/aromatic N) is 5. The molecule has 168 valence electrons. The van der Waals surface area contributed by atoms with Crippen LogP contribution in [0.25, 0.3) is 33.5 Å². The van der Waals surface area contributed by atoms with Gasteiger partial charge in [0.25, 0.3) is 0 Å². The Balaban J connectivity index is 1.37. The Morgan fingerprint density at radius 1 is 1.21 bits per heavy atom. The van der Waals surface area contributed by atoms with Crippen molar-refractivity contribution < 1.29 is 14.3 Å². The highest BCUT2D eigenvalue weighted by Gasteiger charge is 2.46. The van der Waals surface area contributed by atoms with Crippen LogP contribution in [-0.2, 0) is 11.8 Å². The second-order valence-electron chi connectivity index (χ2n) is 9.20. The van der Waals surface area contributed by atoms with Crippen LogP contribution in [0.1, 0.15) is 25.7 Å². The van der Waals surface area contributed by atoms with E-state index >= 15 is 0 Å². The summed E-state index contributed by atoms with van der Waals surface area (Å²) in [7, 11) is 1.89. The molecule has 0 radical (unpaired) electrons. The summed E-state index contributed by atoms with van der Waals surface area (Å²) < 4.78 is 15.6. The van der Waals surface area contributed by atoms with Gasteiger partial charge in [0.1, 0.15) is 17.1 Å². The van der Waals surface area contributed by atoms with Crippen LogP contribution in [0.15, 0.2) is 35.8 Å². The lowest BCUT2D eigenvalue weighted by Crippen LogP contribution is -2.44. The maximum Gasteiger partial charge on any atom is 0.307 e. The van der Waals surface area contributed by atoms with Gasteiger partial charge in [-0.05, 0) is 43.6 Å². The molecule has 0 aliphatic heterocycles. The number of aliphatic imine (C=N–C) groups is 1. The van der Waals surface area contributed by atoms with Crippen molar-refractivity contribution in [2.75, 3.05) is 0 Å². The van der Waals surface area contributed by atoms with Gasteiger partial charge in [0, 0.05) is 48.7 Å². The Labute approximate surface area is 188 Å². The van der Waals surface area contributed by atoms with Crippen LogP contribution in [0.2, 0.25) is 0 Å². The third-order valence-corrected chi connectivity index (χ3v) is 7.39. The molecule has 0 saturated heterocycles. The monoisotopic (exact) mass is 446 g/mol. The Kier molecular flexibility index (Phi) is 4.53. The number of rotatable bonds is 4. The number of aromatic amines is 1. The van der Waals surface area contributed by atoms with Gasteiger partial charge in [-0.2, -0.15) is 0 Å². The van der Waals surface area contributed by atoms with Crippen molar-refractivity contribution >= 4 is 39.9 Å². The van der Waals surface area contributed by atoms with Gasteiger partial charge in [0.15, 0.2) is 5.82 Å². The van der Waals surface area contributed by atoms with Gasteiger partial charge in [0.2, 0.25) is 0 Å². The molecule has 0 aromatic carbocycles. The van der Waals surface area contributed by atoms with Crippen LogP contribution in [0.4, 0.5) is 10.1 Å². The number of aryl methyl sites for hydroxylation is 1. The molecular formula is C24H23FN6O2. The highest BCUT2D eigenvalue weighted by Crippen LogP contribution is 2.48. The predicted octanol–water partition coefficient (Wildman–Crippen LogP) is 4.49. The maximum absolute atomic E-state index is 13.7. The quantitative estimate of drug-likeness (QED) is 0.449. The molecule has 2 N–H and O–H groups in total. The molecule has 3 aliphatic carbocycles. The Bertz CT molecular complexity index is 1420. The molecule has 9 heteroatoms. The summed E-state index contributed by atoms with van der Waals surface area (Å²) in [5.74, 6) is -0.429. The molecular weight excluding hydrogens is 423 g/mol. The lowest BCUT2D eigenvalue weighted by atomic mass is 9.59. The van der Waals surface area contributed by atoms with Gasteiger partial charge in [-0.3, -0.25) is 9.79 Å². The van der Waals surface area contributed by atoms with E-state index in [2.05, 4.69) is 15.0 Å². The van der Waals surface area contributed by atoms with Crippen molar-refractivity contribution in [1.29, 1.82) is 0 Å². The minimum atomic E-state index is -0.712. The average Bonchev–Trinajstić information content (AvgIpc) is 3.38. The van der Waals surface area contributed by atoms with E-state index in [0.717, 1.165) is 36.8 Å². The lowest BCUT2D eigenvalue weighted by Gasteiger charge is -2.45. The first-order valence-corrected chi connectivity index (χ1v) is 11.2. The molecule has 3 aliphatic rings. The van der Waals surface area contributed by atoms with E-state index in [1.807, 2.05) is 24.0 Å². The fourth-order valence-electron chi connectivity index (χ4n) is 5.78. The summed E-state index contributed by atoms with van der Waals surface area (Å²) in [5, 5.41) is 11.2. The Hall–Kier alpha value is -3.62. The molecule has 0 amide bonds. The minimum Gasteiger partial charge on any atom is -0.481 e. The van der Waals surface area contributed by atoms with Gasteiger partial charge in [-0.1, -0.05) is 0 Å². The largest absolute Gasteiger partial charge is 0.481 e.